The third-order valence-corrected chi connectivity index (χ3v) is 7.38. The fraction of sp³-hybridized carbons (Fsp3) is 0.385. The van der Waals surface area contributed by atoms with Gasteiger partial charge in [-0.05, 0) is 32.3 Å². The molecule has 4 aromatic carbocycles. The van der Waals surface area contributed by atoms with Gasteiger partial charge in [-0.1, -0.05) is 54.6 Å². The van der Waals surface area contributed by atoms with Crippen molar-refractivity contribution in [2.24, 2.45) is 0 Å². The van der Waals surface area contributed by atoms with Crippen LogP contribution in [-0.2, 0) is 5.92 Å². The number of halogens is 21. The lowest BCUT2D eigenvalue weighted by atomic mass is 9.83. The van der Waals surface area contributed by atoms with Crippen LogP contribution in [0.1, 0.15) is 5.56 Å². The fourth-order valence-corrected chi connectivity index (χ4v) is 4.74. The lowest BCUT2D eigenvalue weighted by molar-refractivity contribution is -0.474. The molecule has 0 atom stereocenters. The largest absolute Gasteiger partial charge is 0.460 e. The summed E-state index contributed by atoms with van der Waals surface area (Å²) in [6.07, 6.45) is -8.02. The average molecular weight is 720 g/mol. The summed E-state index contributed by atoms with van der Waals surface area (Å²) in [4.78, 5) is 0. The average Bonchev–Trinajstić information content (AvgIpc) is 2.94. The lowest BCUT2D eigenvalue weighted by Gasteiger charge is -2.44. The van der Waals surface area contributed by atoms with Gasteiger partial charge in [0.25, 0.3) is 0 Å². The summed E-state index contributed by atoms with van der Waals surface area (Å²) >= 11 is 0. The van der Waals surface area contributed by atoms with E-state index in [4.69, 9.17) is 0 Å². The van der Waals surface area contributed by atoms with Crippen LogP contribution in [0.5, 0.6) is 0 Å². The Hall–Kier alpha value is -3.55. The van der Waals surface area contributed by atoms with E-state index in [0.29, 0.717) is 12.1 Å². The van der Waals surface area contributed by atoms with Crippen molar-refractivity contribution in [1.82, 2.24) is 0 Å². The van der Waals surface area contributed by atoms with Crippen molar-refractivity contribution in [3.8, 4) is 0 Å². The molecule has 0 radical (unpaired) electrons. The Morgan fingerprint density at radius 3 is 1.02 bits per heavy atom. The Bertz CT molecular complexity index is 1800. The Labute approximate surface area is 245 Å². The lowest BCUT2D eigenvalue weighted by Crippen LogP contribution is -2.76. The van der Waals surface area contributed by atoms with Crippen LogP contribution < -0.4 is 0 Å². The molecule has 0 fully saturated rings. The first-order valence-corrected chi connectivity index (χ1v) is 11.9. The maximum absolute atomic E-state index is 15.2. The summed E-state index contributed by atoms with van der Waals surface area (Å²) in [5.41, 5.74) is -2.36. The topological polar surface area (TPSA) is 0 Å². The van der Waals surface area contributed by atoms with Crippen molar-refractivity contribution in [3.05, 3.63) is 60.2 Å². The van der Waals surface area contributed by atoms with E-state index in [0.717, 1.165) is 6.07 Å². The van der Waals surface area contributed by atoms with Gasteiger partial charge in [0.05, 0.1) is 0 Å². The van der Waals surface area contributed by atoms with E-state index in [2.05, 4.69) is 0 Å². The molecule has 0 amide bonds. The molecule has 0 spiro atoms. The van der Waals surface area contributed by atoms with Gasteiger partial charge in [-0.15, -0.1) is 0 Å². The van der Waals surface area contributed by atoms with Gasteiger partial charge in [-0.25, -0.2) is 0 Å². The summed E-state index contributed by atoms with van der Waals surface area (Å²) in [6.45, 7) is 0. The first-order chi connectivity index (χ1) is 20.8. The fourth-order valence-electron chi connectivity index (χ4n) is 4.74. The number of benzene rings is 4. The molecule has 0 saturated carbocycles. The third-order valence-electron chi connectivity index (χ3n) is 7.38. The molecule has 0 aromatic heterocycles. The van der Waals surface area contributed by atoms with Gasteiger partial charge < -0.3 is 0 Å². The molecule has 47 heavy (non-hydrogen) atoms. The highest BCUT2D eigenvalue weighted by atomic mass is 19.4. The summed E-state index contributed by atoms with van der Waals surface area (Å²) in [6, 6.07) is 8.50. The van der Waals surface area contributed by atoms with E-state index in [1.165, 1.54) is 30.3 Å². The Morgan fingerprint density at radius 1 is 0.298 bits per heavy atom. The van der Waals surface area contributed by atoms with Crippen LogP contribution in [0.4, 0.5) is 92.2 Å². The minimum atomic E-state index is -9.20. The number of hydrogen-bond donors (Lipinski definition) is 0. The van der Waals surface area contributed by atoms with Crippen LogP contribution in [0.15, 0.2) is 54.6 Å². The first kappa shape index (κ1) is 36.3. The third kappa shape index (κ3) is 4.21. The highest BCUT2D eigenvalue weighted by molar-refractivity contribution is 6.23. The molecule has 0 bridgehead atoms. The summed E-state index contributed by atoms with van der Waals surface area (Å²) in [5, 5.41) is -1.30. The van der Waals surface area contributed by atoms with Crippen molar-refractivity contribution < 1.29 is 92.2 Å². The molecule has 0 N–H and O–H groups in total. The van der Waals surface area contributed by atoms with E-state index in [-0.39, 0.29) is 27.6 Å². The second-order valence-electron chi connectivity index (χ2n) is 10.1. The maximum atomic E-state index is 15.2. The predicted molar refractivity (Wildman–Crippen MR) is 120 cm³/mol. The maximum Gasteiger partial charge on any atom is 0.460 e. The molecule has 0 unspecified atom stereocenters. The molecule has 0 aliphatic carbocycles. The SMILES string of the molecule is FC(F)(F)C(F)(F)C(F)(F)C(F)(F)C(F)(F)C(F)(F)C(F)(F)C(F)(F)C(F)(F)C(F)(F)c1ccc2ccc3cccc4ccc1c2c34. The highest BCUT2D eigenvalue weighted by Crippen LogP contribution is 2.67. The Kier molecular flexibility index (Phi) is 7.53. The summed E-state index contributed by atoms with van der Waals surface area (Å²) in [5.74, 6) is -77.5. The molecule has 0 saturated heterocycles. The molecule has 4 aromatic rings. The van der Waals surface area contributed by atoms with Crippen LogP contribution in [0.3, 0.4) is 0 Å². The Balaban J connectivity index is 1.89. The van der Waals surface area contributed by atoms with Crippen molar-refractivity contribution in [3.63, 3.8) is 0 Å². The van der Waals surface area contributed by atoms with Crippen molar-refractivity contribution in [1.29, 1.82) is 0 Å². The minimum absolute atomic E-state index is 0.0226. The van der Waals surface area contributed by atoms with Crippen molar-refractivity contribution in [2.75, 3.05) is 0 Å². The van der Waals surface area contributed by atoms with E-state index < -0.39 is 75.8 Å². The zero-order valence-electron chi connectivity index (χ0n) is 21.6. The van der Waals surface area contributed by atoms with Crippen LogP contribution in [0, 0.1) is 0 Å². The zero-order chi connectivity index (χ0) is 36.4. The van der Waals surface area contributed by atoms with Gasteiger partial charge in [-0.3, -0.25) is 0 Å². The van der Waals surface area contributed by atoms with Crippen molar-refractivity contribution in [2.45, 2.75) is 59.5 Å². The molecule has 260 valence electrons. The van der Waals surface area contributed by atoms with Crippen molar-refractivity contribution >= 4 is 32.3 Å². The first-order valence-electron chi connectivity index (χ1n) is 11.9. The second-order valence-corrected chi connectivity index (χ2v) is 10.1. The number of rotatable bonds is 9. The molecule has 0 nitrogen and oxygen atoms in total. The van der Waals surface area contributed by atoms with Crippen LogP contribution in [0.2, 0.25) is 0 Å². The van der Waals surface area contributed by atoms with Gasteiger partial charge in [0.15, 0.2) is 0 Å². The van der Waals surface area contributed by atoms with Gasteiger partial charge >= 0.3 is 59.5 Å². The minimum Gasteiger partial charge on any atom is -0.194 e. The molecule has 21 heteroatoms. The van der Waals surface area contributed by atoms with Crippen LogP contribution in [0.25, 0.3) is 32.3 Å². The van der Waals surface area contributed by atoms with E-state index in [1.54, 1.807) is 0 Å². The van der Waals surface area contributed by atoms with E-state index in [1.807, 2.05) is 0 Å². The highest BCUT2D eigenvalue weighted by Gasteiger charge is 2.97. The molecule has 4 rings (SSSR count). The van der Waals surface area contributed by atoms with Gasteiger partial charge in [0, 0.05) is 5.56 Å². The molecule has 0 heterocycles. The number of hydrogen-bond acceptors (Lipinski definition) is 0. The quantitative estimate of drug-likeness (QED) is 0.119. The van der Waals surface area contributed by atoms with E-state index >= 15 is 8.78 Å². The van der Waals surface area contributed by atoms with Crippen LogP contribution >= 0.6 is 0 Å². The van der Waals surface area contributed by atoms with Gasteiger partial charge in [0.2, 0.25) is 0 Å². The predicted octanol–water partition coefficient (Wildman–Crippen LogP) is 11.3. The molecular weight excluding hydrogens is 711 g/mol. The molecule has 0 aliphatic heterocycles. The summed E-state index contributed by atoms with van der Waals surface area (Å²) in [7, 11) is 0. The smallest absolute Gasteiger partial charge is 0.194 e. The van der Waals surface area contributed by atoms with Gasteiger partial charge in [0.1, 0.15) is 0 Å². The van der Waals surface area contributed by atoms with Crippen LogP contribution in [-0.4, -0.2) is 53.6 Å². The molecular formula is C26H9F21. The monoisotopic (exact) mass is 720 g/mol. The standard InChI is InChI=1S/C26H9F21/c27-17(28,14-9-7-12-5-4-10-2-1-3-11-6-8-13(14)16(12)15(10)11)18(29,30)19(31,32)20(33,34)21(35,36)22(37,38)23(39,40)24(41,42)25(43,44)26(45,46)47/h1-9H. The number of alkyl halides is 21. The van der Waals surface area contributed by atoms with E-state index in [9.17, 15) is 83.4 Å². The summed E-state index contributed by atoms with van der Waals surface area (Å²) < 4.78 is 291. The second kappa shape index (κ2) is 9.76. The molecule has 0 aliphatic rings. The zero-order valence-corrected chi connectivity index (χ0v) is 21.6. The van der Waals surface area contributed by atoms with Gasteiger partial charge in [-0.2, -0.15) is 92.2 Å². The normalized spacial score (nSPS) is 15.8. The Morgan fingerprint density at radius 2 is 0.617 bits per heavy atom.